The number of rotatable bonds is 9. The van der Waals surface area contributed by atoms with Crippen molar-refractivity contribution >= 4 is 0 Å². The summed E-state index contributed by atoms with van der Waals surface area (Å²) in [7, 11) is 0. The Balaban J connectivity index is 1.55. The van der Waals surface area contributed by atoms with E-state index in [-0.39, 0.29) is 0 Å². The van der Waals surface area contributed by atoms with Crippen LogP contribution in [0.3, 0.4) is 0 Å². The van der Waals surface area contributed by atoms with Crippen LogP contribution in [-0.2, 0) is 17.6 Å². The second-order valence-corrected chi connectivity index (χ2v) is 7.26. The van der Waals surface area contributed by atoms with Crippen LogP contribution in [0.25, 0.3) is 0 Å². The number of likely N-dealkylation sites (tertiary alicyclic amines) is 1. The highest BCUT2D eigenvalue weighted by molar-refractivity contribution is 5.15. The Morgan fingerprint density at radius 2 is 1.92 bits per heavy atom. The summed E-state index contributed by atoms with van der Waals surface area (Å²) in [6.45, 7) is 7.25. The van der Waals surface area contributed by atoms with E-state index >= 15 is 0 Å². The van der Waals surface area contributed by atoms with Crippen LogP contribution in [0.15, 0.2) is 54.9 Å². The molecule has 3 rings (SSSR count). The maximum absolute atomic E-state index is 5.88. The average molecular weight is 338 g/mol. The molecule has 2 heterocycles. The van der Waals surface area contributed by atoms with Gasteiger partial charge < -0.3 is 9.64 Å². The number of aromatic nitrogens is 1. The monoisotopic (exact) mass is 338 g/mol. The molecule has 1 aromatic carbocycles. The van der Waals surface area contributed by atoms with Gasteiger partial charge in [-0.05, 0) is 56.3 Å². The number of hydrogen-bond acceptors (Lipinski definition) is 3. The minimum atomic E-state index is 0.306. The predicted octanol–water partition coefficient (Wildman–Crippen LogP) is 3.99. The number of hydrogen-bond donors (Lipinski definition) is 0. The second-order valence-electron chi connectivity index (χ2n) is 7.26. The lowest BCUT2D eigenvalue weighted by atomic mass is 9.82. The SMILES string of the molecule is CCOC[C@]1(CCc2ccccc2)CCN(CCc2cccnc2)C1. The van der Waals surface area contributed by atoms with Crippen molar-refractivity contribution in [3.63, 3.8) is 0 Å². The molecule has 0 aliphatic carbocycles. The maximum atomic E-state index is 5.88. The Labute approximate surface area is 152 Å². The van der Waals surface area contributed by atoms with E-state index in [0.29, 0.717) is 5.41 Å². The van der Waals surface area contributed by atoms with E-state index in [2.05, 4.69) is 53.2 Å². The first-order chi connectivity index (χ1) is 12.3. The normalized spacial score (nSPS) is 20.8. The molecule has 0 unspecified atom stereocenters. The van der Waals surface area contributed by atoms with Crippen LogP contribution in [0.5, 0.6) is 0 Å². The largest absolute Gasteiger partial charge is 0.381 e. The van der Waals surface area contributed by atoms with Crippen LogP contribution in [-0.4, -0.2) is 42.7 Å². The molecule has 1 aromatic heterocycles. The van der Waals surface area contributed by atoms with Crippen LogP contribution in [0.4, 0.5) is 0 Å². The van der Waals surface area contributed by atoms with Gasteiger partial charge in [-0.15, -0.1) is 0 Å². The van der Waals surface area contributed by atoms with Crippen molar-refractivity contribution in [2.24, 2.45) is 5.41 Å². The first kappa shape index (κ1) is 18.1. The fourth-order valence-electron chi connectivity index (χ4n) is 3.82. The van der Waals surface area contributed by atoms with Gasteiger partial charge in [-0.1, -0.05) is 36.4 Å². The molecule has 3 nitrogen and oxygen atoms in total. The third kappa shape index (κ3) is 5.38. The fraction of sp³-hybridized carbons (Fsp3) is 0.500. The predicted molar refractivity (Wildman–Crippen MR) is 103 cm³/mol. The summed E-state index contributed by atoms with van der Waals surface area (Å²) in [6, 6.07) is 15.0. The summed E-state index contributed by atoms with van der Waals surface area (Å²) in [5.74, 6) is 0. The molecule has 0 saturated carbocycles. The number of pyridine rings is 1. The summed E-state index contributed by atoms with van der Waals surface area (Å²) in [6.07, 6.45) is 8.50. The molecule has 0 amide bonds. The van der Waals surface area contributed by atoms with E-state index < -0.39 is 0 Å². The van der Waals surface area contributed by atoms with E-state index in [9.17, 15) is 0 Å². The van der Waals surface area contributed by atoms with Crippen LogP contribution in [0.2, 0.25) is 0 Å². The van der Waals surface area contributed by atoms with E-state index in [0.717, 1.165) is 39.1 Å². The van der Waals surface area contributed by atoms with Gasteiger partial charge in [0, 0.05) is 37.5 Å². The summed E-state index contributed by atoms with van der Waals surface area (Å²) in [4.78, 5) is 6.83. The lowest BCUT2D eigenvalue weighted by Gasteiger charge is -2.29. The standard InChI is InChI=1S/C22H30N2O/c1-2-25-19-22(12-10-20-7-4-3-5-8-20)13-16-24(18-22)15-11-21-9-6-14-23-17-21/h3-9,14,17H,2,10-13,15-16,18-19H2,1H3/t22-/m1/s1. The van der Waals surface area contributed by atoms with Crippen molar-refractivity contribution in [3.8, 4) is 0 Å². The average Bonchev–Trinajstić information content (AvgIpc) is 3.09. The lowest BCUT2D eigenvalue weighted by molar-refractivity contribution is 0.0495. The van der Waals surface area contributed by atoms with Crippen molar-refractivity contribution in [2.75, 3.05) is 32.8 Å². The zero-order valence-electron chi connectivity index (χ0n) is 15.4. The molecular formula is C22H30N2O. The number of benzene rings is 1. The first-order valence-corrected chi connectivity index (χ1v) is 9.53. The summed E-state index contributed by atoms with van der Waals surface area (Å²) in [5.41, 5.74) is 3.07. The molecule has 25 heavy (non-hydrogen) atoms. The van der Waals surface area contributed by atoms with Crippen molar-refractivity contribution in [3.05, 3.63) is 66.0 Å². The molecule has 3 heteroatoms. The van der Waals surface area contributed by atoms with Crippen molar-refractivity contribution in [2.45, 2.75) is 32.6 Å². The maximum Gasteiger partial charge on any atom is 0.0535 e. The van der Waals surface area contributed by atoms with Gasteiger partial charge in [0.15, 0.2) is 0 Å². The zero-order chi connectivity index (χ0) is 17.4. The Morgan fingerprint density at radius 1 is 1.08 bits per heavy atom. The van der Waals surface area contributed by atoms with Crippen LogP contribution < -0.4 is 0 Å². The minimum Gasteiger partial charge on any atom is -0.381 e. The third-order valence-electron chi connectivity index (χ3n) is 5.36. The van der Waals surface area contributed by atoms with E-state index in [1.165, 1.54) is 30.5 Å². The van der Waals surface area contributed by atoms with Gasteiger partial charge in [-0.3, -0.25) is 4.98 Å². The molecule has 0 radical (unpaired) electrons. The number of aryl methyl sites for hydroxylation is 1. The highest BCUT2D eigenvalue weighted by atomic mass is 16.5. The van der Waals surface area contributed by atoms with E-state index in [4.69, 9.17) is 4.74 Å². The minimum absolute atomic E-state index is 0.306. The Hall–Kier alpha value is -1.71. The summed E-state index contributed by atoms with van der Waals surface area (Å²) in [5, 5.41) is 0. The van der Waals surface area contributed by atoms with E-state index in [1.54, 1.807) is 0 Å². The van der Waals surface area contributed by atoms with Gasteiger partial charge >= 0.3 is 0 Å². The van der Waals surface area contributed by atoms with Gasteiger partial charge in [-0.25, -0.2) is 0 Å². The Bertz CT molecular complexity index is 616. The smallest absolute Gasteiger partial charge is 0.0535 e. The van der Waals surface area contributed by atoms with Gasteiger partial charge in [0.2, 0.25) is 0 Å². The molecule has 0 spiro atoms. The molecule has 1 aliphatic rings. The highest BCUT2D eigenvalue weighted by Gasteiger charge is 2.37. The molecule has 1 atom stereocenters. The Kier molecular flexibility index (Phi) is 6.60. The molecule has 0 bridgehead atoms. The van der Waals surface area contributed by atoms with Gasteiger partial charge in [0.25, 0.3) is 0 Å². The van der Waals surface area contributed by atoms with Crippen molar-refractivity contribution < 1.29 is 4.74 Å². The van der Waals surface area contributed by atoms with Gasteiger partial charge in [0.1, 0.15) is 0 Å². The zero-order valence-corrected chi connectivity index (χ0v) is 15.4. The molecule has 1 fully saturated rings. The molecule has 2 aromatic rings. The van der Waals surface area contributed by atoms with Crippen LogP contribution in [0.1, 0.15) is 30.9 Å². The van der Waals surface area contributed by atoms with Crippen molar-refractivity contribution in [1.29, 1.82) is 0 Å². The topological polar surface area (TPSA) is 25.4 Å². The number of ether oxygens (including phenoxy) is 1. The highest BCUT2D eigenvalue weighted by Crippen LogP contribution is 2.35. The fourth-order valence-corrected chi connectivity index (χ4v) is 3.82. The van der Waals surface area contributed by atoms with Crippen LogP contribution in [0, 0.1) is 5.41 Å². The second kappa shape index (κ2) is 9.12. The van der Waals surface area contributed by atoms with E-state index in [1.807, 2.05) is 18.5 Å². The molecule has 0 N–H and O–H groups in total. The Morgan fingerprint density at radius 3 is 2.68 bits per heavy atom. The molecule has 1 saturated heterocycles. The summed E-state index contributed by atoms with van der Waals surface area (Å²) >= 11 is 0. The lowest BCUT2D eigenvalue weighted by Crippen LogP contribution is -2.33. The number of nitrogens with zero attached hydrogens (tertiary/aromatic N) is 2. The quantitative estimate of drug-likeness (QED) is 0.691. The first-order valence-electron chi connectivity index (χ1n) is 9.53. The third-order valence-corrected chi connectivity index (χ3v) is 5.36. The molecule has 1 aliphatic heterocycles. The van der Waals surface area contributed by atoms with Crippen molar-refractivity contribution in [1.82, 2.24) is 9.88 Å². The summed E-state index contributed by atoms with van der Waals surface area (Å²) < 4.78 is 5.88. The molecular weight excluding hydrogens is 308 g/mol. The van der Waals surface area contributed by atoms with Crippen LogP contribution >= 0.6 is 0 Å². The van der Waals surface area contributed by atoms with Gasteiger partial charge in [0.05, 0.1) is 6.61 Å². The molecule has 134 valence electrons. The van der Waals surface area contributed by atoms with Gasteiger partial charge in [-0.2, -0.15) is 0 Å².